The van der Waals surface area contributed by atoms with Gasteiger partial charge < -0.3 is 9.15 Å². The first-order chi connectivity index (χ1) is 11.1. The molecule has 0 bridgehead atoms. The molecule has 0 fully saturated rings. The third-order valence-corrected chi connectivity index (χ3v) is 3.89. The van der Waals surface area contributed by atoms with Gasteiger partial charge in [0.25, 0.3) is 5.56 Å². The fraction of sp³-hybridized carbons (Fsp3) is 0.133. The SMILES string of the molecule is COc1ccc(-c2nc(Cn3ncc(Cl)c(Cl)c3=O)co2)cc1. The molecular formula is C15H11Cl2N3O3. The van der Waals surface area contributed by atoms with Crippen LogP contribution in [0, 0.1) is 0 Å². The van der Waals surface area contributed by atoms with Crippen molar-refractivity contribution in [2.24, 2.45) is 0 Å². The van der Waals surface area contributed by atoms with E-state index in [1.165, 1.54) is 17.1 Å². The van der Waals surface area contributed by atoms with E-state index in [1.807, 2.05) is 24.3 Å². The van der Waals surface area contributed by atoms with Gasteiger partial charge in [0.15, 0.2) is 0 Å². The van der Waals surface area contributed by atoms with Gasteiger partial charge in [-0.3, -0.25) is 4.79 Å². The molecule has 0 aliphatic carbocycles. The molecule has 6 nitrogen and oxygen atoms in total. The van der Waals surface area contributed by atoms with Crippen LogP contribution >= 0.6 is 23.2 Å². The number of methoxy groups -OCH3 is 1. The number of hydrogen-bond acceptors (Lipinski definition) is 5. The summed E-state index contributed by atoms with van der Waals surface area (Å²) in [4.78, 5) is 16.3. The smallest absolute Gasteiger partial charge is 0.287 e. The fourth-order valence-corrected chi connectivity index (χ4v) is 2.23. The Balaban J connectivity index is 1.85. The number of rotatable bonds is 4. The quantitative estimate of drug-likeness (QED) is 0.721. The second-order valence-corrected chi connectivity index (χ2v) is 5.43. The third-order valence-electron chi connectivity index (χ3n) is 3.14. The molecule has 0 unspecified atom stereocenters. The molecule has 0 spiro atoms. The topological polar surface area (TPSA) is 70.2 Å². The number of ether oxygens (including phenoxy) is 1. The van der Waals surface area contributed by atoms with E-state index in [1.54, 1.807) is 7.11 Å². The van der Waals surface area contributed by atoms with Crippen LogP contribution in [0.3, 0.4) is 0 Å². The van der Waals surface area contributed by atoms with Crippen molar-refractivity contribution in [3.8, 4) is 17.2 Å². The van der Waals surface area contributed by atoms with Crippen LogP contribution in [0.4, 0.5) is 0 Å². The summed E-state index contributed by atoms with van der Waals surface area (Å²) < 4.78 is 11.7. The number of nitrogens with zero attached hydrogens (tertiary/aromatic N) is 3. The molecule has 0 radical (unpaired) electrons. The summed E-state index contributed by atoms with van der Waals surface area (Å²) >= 11 is 11.6. The van der Waals surface area contributed by atoms with Crippen LogP contribution in [0.15, 0.2) is 45.9 Å². The average Bonchev–Trinajstić information content (AvgIpc) is 3.04. The van der Waals surface area contributed by atoms with Gasteiger partial charge >= 0.3 is 0 Å². The molecule has 118 valence electrons. The van der Waals surface area contributed by atoms with Crippen molar-refractivity contribution in [2.75, 3.05) is 7.11 Å². The van der Waals surface area contributed by atoms with Gasteiger partial charge in [-0.15, -0.1) is 0 Å². The van der Waals surface area contributed by atoms with E-state index in [9.17, 15) is 4.79 Å². The normalized spacial score (nSPS) is 10.7. The Bertz CT molecular complexity index is 888. The maximum atomic E-state index is 12.0. The monoisotopic (exact) mass is 351 g/mol. The second kappa shape index (κ2) is 6.44. The summed E-state index contributed by atoms with van der Waals surface area (Å²) in [5.74, 6) is 1.18. The molecule has 0 aliphatic heterocycles. The zero-order valence-corrected chi connectivity index (χ0v) is 13.5. The lowest BCUT2D eigenvalue weighted by Crippen LogP contribution is -2.23. The number of benzene rings is 1. The number of aromatic nitrogens is 3. The Hall–Kier alpha value is -2.31. The van der Waals surface area contributed by atoms with Gasteiger partial charge in [-0.2, -0.15) is 5.10 Å². The first-order valence-corrected chi connectivity index (χ1v) is 7.34. The Morgan fingerprint density at radius 3 is 2.70 bits per heavy atom. The van der Waals surface area contributed by atoms with E-state index in [0.29, 0.717) is 11.6 Å². The van der Waals surface area contributed by atoms with Gasteiger partial charge in [-0.25, -0.2) is 9.67 Å². The Kier molecular flexibility index (Phi) is 4.36. The highest BCUT2D eigenvalue weighted by molar-refractivity contribution is 6.41. The molecule has 0 amide bonds. The van der Waals surface area contributed by atoms with Gasteiger partial charge in [0.2, 0.25) is 5.89 Å². The summed E-state index contributed by atoms with van der Waals surface area (Å²) in [5.41, 5.74) is 0.864. The van der Waals surface area contributed by atoms with Crippen molar-refractivity contribution in [3.63, 3.8) is 0 Å². The minimum atomic E-state index is -0.479. The van der Waals surface area contributed by atoms with Gasteiger partial charge in [0.1, 0.15) is 22.7 Å². The maximum Gasteiger partial charge on any atom is 0.287 e. The van der Waals surface area contributed by atoms with E-state index in [2.05, 4.69) is 10.1 Å². The molecule has 0 saturated heterocycles. The van der Waals surface area contributed by atoms with E-state index in [0.717, 1.165) is 11.3 Å². The zero-order chi connectivity index (χ0) is 16.4. The van der Waals surface area contributed by atoms with Crippen molar-refractivity contribution in [1.29, 1.82) is 0 Å². The van der Waals surface area contributed by atoms with Crippen LogP contribution in [-0.4, -0.2) is 21.9 Å². The van der Waals surface area contributed by atoms with Crippen molar-refractivity contribution in [1.82, 2.24) is 14.8 Å². The molecule has 0 N–H and O–H groups in total. The zero-order valence-electron chi connectivity index (χ0n) is 12.0. The van der Waals surface area contributed by atoms with E-state index in [-0.39, 0.29) is 16.6 Å². The highest BCUT2D eigenvalue weighted by Gasteiger charge is 2.11. The molecule has 2 aromatic heterocycles. The molecular weight excluding hydrogens is 341 g/mol. The molecule has 23 heavy (non-hydrogen) atoms. The van der Waals surface area contributed by atoms with Crippen molar-refractivity contribution in [2.45, 2.75) is 6.54 Å². The standard InChI is InChI=1S/C15H11Cl2N3O3/c1-22-11-4-2-9(3-5-11)14-19-10(8-23-14)7-20-15(21)13(17)12(16)6-18-20/h2-6,8H,7H2,1H3. The molecule has 2 heterocycles. The van der Waals surface area contributed by atoms with Gasteiger partial charge in [0.05, 0.1) is 24.9 Å². The Morgan fingerprint density at radius 1 is 1.26 bits per heavy atom. The molecule has 3 rings (SSSR count). The van der Waals surface area contributed by atoms with Crippen molar-refractivity contribution >= 4 is 23.2 Å². The maximum absolute atomic E-state index is 12.0. The minimum absolute atomic E-state index is 0.0689. The van der Waals surface area contributed by atoms with Gasteiger partial charge in [-0.1, -0.05) is 23.2 Å². The first-order valence-electron chi connectivity index (χ1n) is 6.58. The summed E-state index contributed by atoms with van der Waals surface area (Å²) in [6.45, 7) is 0.134. The molecule has 0 atom stereocenters. The van der Waals surface area contributed by atoms with Crippen LogP contribution in [0.2, 0.25) is 10.0 Å². The van der Waals surface area contributed by atoms with Crippen LogP contribution < -0.4 is 10.3 Å². The molecule has 8 heteroatoms. The van der Waals surface area contributed by atoms with Crippen molar-refractivity contribution < 1.29 is 9.15 Å². The minimum Gasteiger partial charge on any atom is -0.497 e. The number of hydrogen-bond donors (Lipinski definition) is 0. The van der Waals surface area contributed by atoms with Crippen molar-refractivity contribution in [3.05, 3.63) is 62.8 Å². The second-order valence-electron chi connectivity index (χ2n) is 4.64. The fourth-order valence-electron chi connectivity index (χ4n) is 1.96. The van der Waals surface area contributed by atoms with Gasteiger partial charge in [-0.05, 0) is 24.3 Å². The summed E-state index contributed by atoms with van der Waals surface area (Å²) in [7, 11) is 1.60. The van der Waals surface area contributed by atoms with Crippen LogP contribution in [0.25, 0.3) is 11.5 Å². The Labute approximate surface area is 141 Å². The molecule has 0 aliphatic rings. The molecule has 3 aromatic rings. The molecule has 0 saturated carbocycles. The lowest BCUT2D eigenvalue weighted by molar-refractivity contribution is 0.415. The summed E-state index contributed by atoms with van der Waals surface area (Å²) in [6, 6.07) is 7.28. The predicted molar refractivity (Wildman–Crippen MR) is 86.1 cm³/mol. The first kappa shape index (κ1) is 15.6. The van der Waals surface area contributed by atoms with Crippen LogP contribution in [-0.2, 0) is 6.54 Å². The van der Waals surface area contributed by atoms with Gasteiger partial charge in [0, 0.05) is 5.56 Å². The lowest BCUT2D eigenvalue weighted by Gasteiger charge is -2.02. The number of halogens is 2. The Morgan fingerprint density at radius 2 is 2.00 bits per heavy atom. The van der Waals surface area contributed by atoms with E-state index >= 15 is 0 Å². The molecule has 1 aromatic carbocycles. The van der Waals surface area contributed by atoms with Crippen LogP contribution in [0.5, 0.6) is 5.75 Å². The highest BCUT2D eigenvalue weighted by Crippen LogP contribution is 2.22. The van der Waals surface area contributed by atoms with Crippen LogP contribution in [0.1, 0.15) is 5.69 Å². The lowest BCUT2D eigenvalue weighted by atomic mass is 10.2. The predicted octanol–water partition coefficient (Wildman–Crippen LogP) is 3.26. The largest absolute Gasteiger partial charge is 0.497 e. The van der Waals surface area contributed by atoms with E-state index in [4.69, 9.17) is 32.4 Å². The summed E-state index contributed by atoms with van der Waals surface area (Å²) in [6.07, 6.45) is 2.78. The highest BCUT2D eigenvalue weighted by atomic mass is 35.5. The number of oxazole rings is 1. The average molecular weight is 352 g/mol. The van der Waals surface area contributed by atoms with E-state index < -0.39 is 5.56 Å². The summed E-state index contributed by atoms with van der Waals surface area (Å²) in [5, 5.41) is 3.98. The third kappa shape index (κ3) is 3.23.